The molecule has 11 heavy (non-hydrogen) atoms. The summed E-state index contributed by atoms with van der Waals surface area (Å²) in [4.78, 5) is 0. The third kappa shape index (κ3) is 1.08. The lowest BCUT2D eigenvalue weighted by Gasteiger charge is -2.03. The summed E-state index contributed by atoms with van der Waals surface area (Å²) >= 11 is 0. The minimum atomic E-state index is -1.02. The number of nitrogen functional groups attached to an aromatic ring is 1. The van der Waals surface area contributed by atoms with Gasteiger partial charge in [0.15, 0.2) is 0 Å². The fourth-order valence-electron chi connectivity index (χ4n) is 0.979. The Morgan fingerprint density at radius 1 is 1.36 bits per heavy atom. The Kier molecular flexibility index (Phi) is 1.19. The molecule has 1 aromatic rings. The standard InChI is InChI=1S/C8H9NO2/c9-7-3-1-6(2-4-7)8(10)5-11-8/h1-4,10H,5,9H2/t8-/m1/s1. The highest BCUT2D eigenvalue weighted by atomic mass is 16.7. The van der Waals surface area contributed by atoms with Crippen LogP contribution in [0.1, 0.15) is 5.56 Å². The zero-order valence-electron chi connectivity index (χ0n) is 5.95. The van der Waals surface area contributed by atoms with E-state index in [0.29, 0.717) is 12.3 Å². The Morgan fingerprint density at radius 2 is 1.91 bits per heavy atom. The third-order valence-corrected chi connectivity index (χ3v) is 1.78. The number of rotatable bonds is 1. The highest BCUT2D eigenvalue weighted by Crippen LogP contribution is 2.35. The fourth-order valence-corrected chi connectivity index (χ4v) is 0.979. The van der Waals surface area contributed by atoms with Gasteiger partial charge in [0.1, 0.15) is 6.61 Å². The van der Waals surface area contributed by atoms with Gasteiger partial charge in [-0.2, -0.15) is 0 Å². The first-order valence-corrected chi connectivity index (χ1v) is 3.43. The Balaban J connectivity index is 2.33. The number of hydrogen-bond acceptors (Lipinski definition) is 3. The first-order valence-electron chi connectivity index (χ1n) is 3.43. The highest BCUT2D eigenvalue weighted by molar-refractivity contribution is 5.41. The second-order valence-corrected chi connectivity index (χ2v) is 2.70. The van der Waals surface area contributed by atoms with Gasteiger partial charge < -0.3 is 15.6 Å². The maximum absolute atomic E-state index is 9.43. The molecule has 58 valence electrons. The van der Waals surface area contributed by atoms with Gasteiger partial charge in [0.05, 0.1) is 0 Å². The van der Waals surface area contributed by atoms with Crippen LogP contribution in [0.25, 0.3) is 0 Å². The monoisotopic (exact) mass is 151 g/mol. The molecule has 0 bridgehead atoms. The molecule has 3 N–H and O–H groups in total. The van der Waals surface area contributed by atoms with Crippen LogP contribution in [0.2, 0.25) is 0 Å². The van der Waals surface area contributed by atoms with E-state index in [4.69, 9.17) is 10.5 Å². The van der Waals surface area contributed by atoms with Gasteiger partial charge in [0.2, 0.25) is 5.79 Å². The summed E-state index contributed by atoms with van der Waals surface area (Å²) in [5, 5.41) is 9.43. The Morgan fingerprint density at radius 3 is 2.36 bits per heavy atom. The van der Waals surface area contributed by atoms with Crippen LogP contribution in [0.4, 0.5) is 5.69 Å². The minimum absolute atomic E-state index is 0.386. The van der Waals surface area contributed by atoms with Crippen molar-refractivity contribution in [2.45, 2.75) is 5.79 Å². The molecular formula is C8H9NO2. The molecule has 0 aromatic heterocycles. The second-order valence-electron chi connectivity index (χ2n) is 2.70. The second kappa shape index (κ2) is 1.96. The molecule has 0 aliphatic carbocycles. The third-order valence-electron chi connectivity index (χ3n) is 1.78. The van der Waals surface area contributed by atoms with E-state index in [9.17, 15) is 5.11 Å². The van der Waals surface area contributed by atoms with Gasteiger partial charge in [-0.05, 0) is 12.1 Å². The molecule has 1 atom stereocenters. The van der Waals surface area contributed by atoms with Crippen molar-refractivity contribution in [1.82, 2.24) is 0 Å². The van der Waals surface area contributed by atoms with E-state index in [2.05, 4.69) is 0 Å². The van der Waals surface area contributed by atoms with Crippen molar-refractivity contribution in [1.29, 1.82) is 0 Å². The van der Waals surface area contributed by atoms with E-state index in [1.165, 1.54) is 0 Å². The summed E-state index contributed by atoms with van der Waals surface area (Å²) in [6.45, 7) is 0.386. The van der Waals surface area contributed by atoms with Crippen molar-refractivity contribution in [2.75, 3.05) is 12.3 Å². The van der Waals surface area contributed by atoms with Crippen LogP contribution in [-0.2, 0) is 10.5 Å². The van der Waals surface area contributed by atoms with E-state index in [1.807, 2.05) is 0 Å². The number of epoxide rings is 1. The van der Waals surface area contributed by atoms with E-state index >= 15 is 0 Å². The van der Waals surface area contributed by atoms with Crippen LogP contribution in [-0.4, -0.2) is 11.7 Å². The molecule has 1 saturated heterocycles. The molecule has 0 spiro atoms. The SMILES string of the molecule is Nc1ccc([C@@]2(O)CO2)cc1. The van der Waals surface area contributed by atoms with E-state index in [-0.39, 0.29) is 0 Å². The first kappa shape index (κ1) is 6.64. The number of benzene rings is 1. The molecule has 0 saturated carbocycles. The Hall–Kier alpha value is -1.06. The summed E-state index contributed by atoms with van der Waals surface area (Å²) in [7, 11) is 0. The average molecular weight is 151 g/mol. The first-order chi connectivity index (χ1) is 5.21. The molecule has 1 fully saturated rings. The number of nitrogens with two attached hydrogens (primary N) is 1. The zero-order chi connectivity index (χ0) is 7.90. The van der Waals surface area contributed by atoms with Crippen molar-refractivity contribution in [3.63, 3.8) is 0 Å². The van der Waals surface area contributed by atoms with Crippen LogP contribution in [0.5, 0.6) is 0 Å². The average Bonchev–Trinajstić information content (AvgIpc) is 2.70. The minimum Gasteiger partial charge on any atom is -0.399 e. The number of hydrogen-bond donors (Lipinski definition) is 2. The maximum Gasteiger partial charge on any atom is 0.217 e. The summed E-state index contributed by atoms with van der Waals surface area (Å²) in [5.74, 6) is -1.02. The molecule has 0 unspecified atom stereocenters. The van der Waals surface area contributed by atoms with Gasteiger partial charge in [0, 0.05) is 11.3 Å². The molecule has 0 amide bonds. The summed E-state index contributed by atoms with van der Waals surface area (Å²) in [5.41, 5.74) is 6.93. The van der Waals surface area contributed by atoms with Gasteiger partial charge in [0.25, 0.3) is 0 Å². The lowest BCUT2D eigenvalue weighted by Crippen LogP contribution is -2.05. The van der Waals surface area contributed by atoms with Gasteiger partial charge in [-0.25, -0.2) is 0 Å². The highest BCUT2D eigenvalue weighted by Gasteiger charge is 2.44. The van der Waals surface area contributed by atoms with E-state index in [0.717, 1.165) is 5.56 Å². The lowest BCUT2D eigenvalue weighted by molar-refractivity contribution is 0.0335. The largest absolute Gasteiger partial charge is 0.399 e. The predicted molar refractivity (Wildman–Crippen MR) is 40.7 cm³/mol. The quantitative estimate of drug-likeness (QED) is 0.452. The van der Waals surface area contributed by atoms with Gasteiger partial charge in [-0.15, -0.1) is 0 Å². The Labute approximate surface area is 64.4 Å². The van der Waals surface area contributed by atoms with Gasteiger partial charge in [-0.3, -0.25) is 0 Å². The van der Waals surface area contributed by atoms with Crippen LogP contribution < -0.4 is 5.73 Å². The van der Waals surface area contributed by atoms with Crippen LogP contribution in [0, 0.1) is 0 Å². The van der Waals surface area contributed by atoms with Crippen LogP contribution in [0.3, 0.4) is 0 Å². The van der Waals surface area contributed by atoms with Crippen molar-refractivity contribution >= 4 is 5.69 Å². The lowest BCUT2D eigenvalue weighted by atomic mass is 10.1. The molecule has 1 aliphatic rings. The van der Waals surface area contributed by atoms with Crippen molar-refractivity contribution in [2.24, 2.45) is 0 Å². The fraction of sp³-hybridized carbons (Fsp3) is 0.250. The van der Waals surface area contributed by atoms with Crippen LogP contribution >= 0.6 is 0 Å². The normalized spacial score (nSPS) is 28.5. The summed E-state index contributed by atoms with van der Waals surface area (Å²) < 4.78 is 4.84. The smallest absolute Gasteiger partial charge is 0.217 e. The molecule has 2 rings (SSSR count). The van der Waals surface area contributed by atoms with Crippen molar-refractivity contribution < 1.29 is 9.84 Å². The summed E-state index contributed by atoms with van der Waals surface area (Å²) in [6, 6.07) is 7.02. The number of ether oxygens (including phenoxy) is 1. The van der Waals surface area contributed by atoms with Gasteiger partial charge >= 0.3 is 0 Å². The van der Waals surface area contributed by atoms with Crippen molar-refractivity contribution in [3.8, 4) is 0 Å². The Bertz CT molecular complexity index is 264. The van der Waals surface area contributed by atoms with Crippen molar-refractivity contribution in [3.05, 3.63) is 29.8 Å². The predicted octanol–water partition coefficient (Wildman–Crippen LogP) is 0.444. The molecule has 0 radical (unpaired) electrons. The summed E-state index contributed by atoms with van der Waals surface area (Å²) in [6.07, 6.45) is 0. The molecule has 1 aliphatic heterocycles. The van der Waals surface area contributed by atoms with E-state index < -0.39 is 5.79 Å². The number of anilines is 1. The van der Waals surface area contributed by atoms with Gasteiger partial charge in [-0.1, -0.05) is 12.1 Å². The molecule has 3 heteroatoms. The number of aliphatic hydroxyl groups is 1. The zero-order valence-corrected chi connectivity index (χ0v) is 5.95. The van der Waals surface area contributed by atoms with Crippen LogP contribution in [0.15, 0.2) is 24.3 Å². The molecule has 1 heterocycles. The van der Waals surface area contributed by atoms with E-state index in [1.54, 1.807) is 24.3 Å². The molecule has 1 aromatic carbocycles. The molecular weight excluding hydrogens is 142 g/mol. The maximum atomic E-state index is 9.43. The topological polar surface area (TPSA) is 58.8 Å². The molecule has 3 nitrogen and oxygen atoms in total.